The predicted octanol–water partition coefficient (Wildman–Crippen LogP) is 4.28. The van der Waals surface area contributed by atoms with Crippen molar-refractivity contribution in [1.29, 1.82) is 0 Å². The summed E-state index contributed by atoms with van der Waals surface area (Å²) in [6.45, 7) is 1.70. The van der Waals surface area contributed by atoms with Crippen molar-refractivity contribution in [1.82, 2.24) is 0 Å². The average Bonchev–Trinajstić information content (AvgIpc) is 2.34. The molecule has 0 atom stereocenters. The molecule has 0 bridgehead atoms. The molecule has 1 rings (SSSR count). The minimum Gasteiger partial charge on any atom is -0.342 e. The monoisotopic (exact) mass is 245 g/mol. The molecular weight excluding hydrogens is 227 g/mol. The molecule has 96 valence electrons. The highest BCUT2D eigenvalue weighted by molar-refractivity contribution is 5.47. The van der Waals surface area contributed by atoms with E-state index in [-0.39, 0.29) is 5.69 Å². The Balaban J connectivity index is 2.63. The molecule has 0 N–H and O–H groups in total. The van der Waals surface area contributed by atoms with Crippen molar-refractivity contribution in [3.8, 4) is 0 Å². The van der Waals surface area contributed by atoms with E-state index < -0.39 is 18.4 Å². The van der Waals surface area contributed by atoms with Gasteiger partial charge in [-0.05, 0) is 18.6 Å². The molecule has 0 aliphatic rings. The molecule has 0 aromatic heterocycles. The molecule has 0 heterocycles. The number of nitrogens with zero attached hydrogens (tertiary/aromatic N) is 1. The van der Waals surface area contributed by atoms with Crippen molar-refractivity contribution >= 4 is 5.69 Å². The van der Waals surface area contributed by atoms with Crippen LogP contribution in [0.1, 0.15) is 32.6 Å². The maximum Gasteiger partial charge on any atom is 0.182 e. The van der Waals surface area contributed by atoms with Crippen LogP contribution in [-0.2, 0) is 0 Å². The summed E-state index contributed by atoms with van der Waals surface area (Å²) >= 11 is 0. The van der Waals surface area contributed by atoms with E-state index in [1.165, 1.54) is 17.0 Å². The lowest BCUT2D eigenvalue weighted by Crippen LogP contribution is -2.24. The number of unbranched alkanes of at least 4 members (excludes halogenated alkanes) is 3. The van der Waals surface area contributed by atoms with E-state index in [0.717, 1.165) is 31.7 Å². The molecule has 1 aromatic rings. The van der Waals surface area contributed by atoms with Gasteiger partial charge in [0, 0.05) is 6.54 Å². The molecule has 0 aliphatic heterocycles. The van der Waals surface area contributed by atoms with Gasteiger partial charge < -0.3 is 4.90 Å². The van der Waals surface area contributed by atoms with Crippen LogP contribution in [0.3, 0.4) is 0 Å². The fraction of sp³-hybridized carbons (Fsp3) is 0.538. The van der Waals surface area contributed by atoms with Crippen LogP contribution in [0.25, 0.3) is 0 Å². The molecule has 0 aliphatic carbocycles. The Morgan fingerprint density at radius 2 is 1.88 bits per heavy atom. The number of hydrogen-bond donors (Lipinski definition) is 0. The highest BCUT2D eigenvalue weighted by Crippen LogP contribution is 2.22. The van der Waals surface area contributed by atoms with E-state index in [9.17, 15) is 13.2 Å². The van der Waals surface area contributed by atoms with Crippen molar-refractivity contribution in [3.63, 3.8) is 0 Å². The fourth-order valence-corrected chi connectivity index (χ4v) is 1.71. The van der Waals surface area contributed by atoms with E-state index >= 15 is 0 Å². The zero-order valence-electron chi connectivity index (χ0n) is 10.1. The summed E-state index contributed by atoms with van der Waals surface area (Å²) in [4.78, 5) is 1.23. The van der Waals surface area contributed by atoms with Gasteiger partial charge in [-0.25, -0.2) is 13.2 Å². The lowest BCUT2D eigenvalue weighted by atomic mass is 10.2. The van der Waals surface area contributed by atoms with Crippen LogP contribution in [-0.4, -0.2) is 13.3 Å². The van der Waals surface area contributed by atoms with Crippen LogP contribution in [0.2, 0.25) is 0 Å². The molecule has 0 fully saturated rings. The van der Waals surface area contributed by atoms with Gasteiger partial charge in [0.2, 0.25) is 0 Å². The first-order chi connectivity index (χ1) is 8.20. The fourth-order valence-electron chi connectivity index (χ4n) is 1.71. The van der Waals surface area contributed by atoms with Crippen molar-refractivity contribution in [2.75, 3.05) is 18.2 Å². The maximum atomic E-state index is 13.4. The Bertz CT molecular complexity index is 341. The third kappa shape index (κ3) is 3.95. The maximum absolute atomic E-state index is 13.4. The second-order valence-electron chi connectivity index (χ2n) is 4.02. The van der Waals surface area contributed by atoms with E-state index in [0.29, 0.717) is 6.54 Å². The number of rotatable bonds is 7. The third-order valence-electron chi connectivity index (χ3n) is 2.70. The quantitative estimate of drug-likeness (QED) is 0.512. The number of alkyl halides is 1. The Kier molecular flexibility index (Phi) is 5.87. The molecular formula is C13H18F3N. The number of halogens is 3. The van der Waals surface area contributed by atoms with Crippen LogP contribution in [0.15, 0.2) is 18.2 Å². The third-order valence-corrected chi connectivity index (χ3v) is 2.70. The van der Waals surface area contributed by atoms with Crippen molar-refractivity contribution in [2.45, 2.75) is 32.6 Å². The van der Waals surface area contributed by atoms with Crippen molar-refractivity contribution in [2.24, 2.45) is 0 Å². The van der Waals surface area contributed by atoms with Crippen LogP contribution < -0.4 is 4.90 Å². The molecule has 17 heavy (non-hydrogen) atoms. The van der Waals surface area contributed by atoms with E-state index in [2.05, 4.69) is 6.92 Å². The minimum atomic E-state index is -0.972. The summed E-state index contributed by atoms with van der Waals surface area (Å²) in [5, 5.41) is 0. The molecule has 1 nitrogen and oxygen atoms in total. The Morgan fingerprint density at radius 1 is 1.12 bits per heavy atom. The van der Waals surface area contributed by atoms with Gasteiger partial charge in [-0.1, -0.05) is 32.3 Å². The largest absolute Gasteiger partial charge is 0.342 e. The zero-order chi connectivity index (χ0) is 12.7. The predicted molar refractivity (Wildman–Crippen MR) is 63.8 cm³/mol. The first-order valence-electron chi connectivity index (χ1n) is 5.95. The normalized spacial score (nSPS) is 10.6. The highest BCUT2D eigenvalue weighted by Gasteiger charge is 2.13. The minimum absolute atomic E-state index is 0.00370. The first-order valence-corrected chi connectivity index (χ1v) is 5.95. The first kappa shape index (κ1) is 13.9. The number of benzene rings is 1. The van der Waals surface area contributed by atoms with Crippen molar-refractivity contribution < 1.29 is 13.2 Å². The van der Waals surface area contributed by atoms with Crippen LogP contribution >= 0.6 is 0 Å². The smallest absolute Gasteiger partial charge is 0.182 e. The molecule has 0 saturated carbocycles. The molecule has 4 heteroatoms. The second-order valence-corrected chi connectivity index (χ2v) is 4.02. The molecule has 0 spiro atoms. The van der Waals surface area contributed by atoms with Gasteiger partial charge >= 0.3 is 0 Å². The Morgan fingerprint density at radius 3 is 2.53 bits per heavy atom. The Hall–Kier alpha value is -1.19. The van der Waals surface area contributed by atoms with Gasteiger partial charge in [0.15, 0.2) is 18.4 Å². The lowest BCUT2D eigenvalue weighted by Gasteiger charge is -2.21. The van der Waals surface area contributed by atoms with Gasteiger partial charge in [-0.3, -0.25) is 0 Å². The van der Waals surface area contributed by atoms with Crippen LogP contribution in [0.4, 0.5) is 18.9 Å². The zero-order valence-corrected chi connectivity index (χ0v) is 10.1. The number of anilines is 1. The summed E-state index contributed by atoms with van der Waals surface area (Å²) in [5.74, 6) is -1.91. The van der Waals surface area contributed by atoms with Crippen molar-refractivity contribution in [3.05, 3.63) is 29.8 Å². The topological polar surface area (TPSA) is 3.24 Å². The lowest BCUT2D eigenvalue weighted by molar-refractivity contribution is 0.451. The average molecular weight is 245 g/mol. The summed E-state index contributed by atoms with van der Waals surface area (Å²) in [7, 11) is 0. The Labute approximate surface area is 100 Å². The standard InChI is InChI=1S/C13H18F3N/c1-2-3-4-5-9-17(10-14)12-8-6-7-11(15)13(12)16/h6-8H,2-5,9-10H2,1H3. The van der Waals surface area contributed by atoms with Gasteiger partial charge in [0.1, 0.15) is 0 Å². The molecule has 0 amide bonds. The summed E-state index contributed by atoms with van der Waals surface area (Å²) in [6.07, 6.45) is 3.92. The SMILES string of the molecule is CCCCCCN(CF)c1cccc(F)c1F. The van der Waals surface area contributed by atoms with Gasteiger partial charge in [-0.15, -0.1) is 0 Å². The van der Waals surface area contributed by atoms with E-state index in [4.69, 9.17) is 0 Å². The highest BCUT2D eigenvalue weighted by atomic mass is 19.2. The summed E-state index contributed by atoms with van der Waals surface area (Å²) in [5.41, 5.74) is 0.00370. The number of hydrogen-bond acceptors (Lipinski definition) is 1. The second kappa shape index (κ2) is 7.20. The molecule has 1 aromatic carbocycles. The van der Waals surface area contributed by atoms with E-state index in [1.54, 1.807) is 0 Å². The molecule has 0 unspecified atom stereocenters. The van der Waals surface area contributed by atoms with E-state index in [1.807, 2.05) is 0 Å². The van der Waals surface area contributed by atoms with Gasteiger partial charge in [0.05, 0.1) is 5.69 Å². The molecule has 0 saturated heterocycles. The summed E-state index contributed by atoms with van der Waals surface area (Å²) in [6, 6.07) is 3.83. The van der Waals surface area contributed by atoms with Crippen LogP contribution in [0, 0.1) is 11.6 Å². The van der Waals surface area contributed by atoms with Crippen LogP contribution in [0.5, 0.6) is 0 Å². The van der Waals surface area contributed by atoms with Gasteiger partial charge in [0.25, 0.3) is 0 Å². The van der Waals surface area contributed by atoms with Gasteiger partial charge in [-0.2, -0.15) is 0 Å². The molecule has 0 radical (unpaired) electrons. The summed E-state index contributed by atoms with van der Waals surface area (Å²) < 4.78 is 39.2.